The number of H-pyrrole nitrogens is 2. The molecule has 1 aliphatic carbocycles. The van der Waals surface area contributed by atoms with E-state index in [1.54, 1.807) is 6.20 Å². The number of aromatic nitrogens is 5. The normalized spacial score (nSPS) is 14.0. The topological polar surface area (TPSA) is 108 Å². The molecule has 3 heterocycles. The summed E-state index contributed by atoms with van der Waals surface area (Å²) in [7, 11) is 0. The van der Waals surface area contributed by atoms with Crippen LogP contribution >= 0.6 is 0 Å². The van der Waals surface area contributed by atoms with Crippen molar-refractivity contribution < 1.29 is 0 Å². The average Bonchev–Trinajstić information content (AvgIpc) is 3.20. The maximum Gasteiger partial charge on any atom is 0.224 e. The van der Waals surface area contributed by atoms with Crippen molar-refractivity contribution in [3.63, 3.8) is 0 Å². The molecule has 0 unspecified atom stereocenters. The van der Waals surface area contributed by atoms with Gasteiger partial charge in [-0.05, 0) is 42.0 Å². The van der Waals surface area contributed by atoms with Gasteiger partial charge in [0.05, 0.1) is 11.3 Å². The highest BCUT2D eigenvalue weighted by atomic mass is 15.1. The molecule has 130 valence electrons. The molecule has 4 aromatic rings. The molecule has 7 nitrogen and oxygen atoms in total. The summed E-state index contributed by atoms with van der Waals surface area (Å²) in [4.78, 5) is 12.0. The van der Waals surface area contributed by atoms with Gasteiger partial charge in [0, 0.05) is 36.1 Å². The zero-order valence-electron chi connectivity index (χ0n) is 14.2. The van der Waals surface area contributed by atoms with Crippen LogP contribution in [0.25, 0.3) is 22.2 Å². The summed E-state index contributed by atoms with van der Waals surface area (Å²) in [6.45, 7) is 0.627. The van der Waals surface area contributed by atoms with Crippen molar-refractivity contribution >= 4 is 22.7 Å². The van der Waals surface area contributed by atoms with Crippen molar-refractivity contribution in [2.75, 3.05) is 11.1 Å². The first-order chi connectivity index (χ1) is 12.8. The van der Waals surface area contributed by atoms with Crippen LogP contribution in [0, 0.1) is 0 Å². The first kappa shape index (κ1) is 14.9. The number of anilines is 2. The van der Waals surface area contributed by atoms with Gasteiger partial charge < -0.3 is 16.0 Å². The van der Waals surface area contributed by atoms with E-state index in [9.17, 15) is 0 Å². The minimum Gasteiger partial charge on any atom is -0.383 e. The Kier molecular flexibility index (Phi) is 3.38. The fourth-order valence-corrected chi connectivity index (χ4v) is 3.14. The fourth-order valence-electron chi connectivity index (χ4n) is 3.14. The van der Waals surface area contributed by atoms with Crippen LogP contribution in [0.5, 0.6) is 0 Å². The van der Waals surface area contributed by atoms with E-state index in [2.05, 4.69) is 54.7 Å². The highest BCUT2D eigenvalue weighted by Gasteiger charge is 2.26. The van der Waals surface area contributed by atoms with E-state index in [1.807, 2.05) is 12.3 Å². The molecule has 5 rings (SSSR count). The monoisotopic (exact) mass is 345 g/mol. The quantitative estimate of drug-likeness (QED) is 0.443. The van der Waals surface area contributed by atoms with Gasteiger partial charge in [-0.2, -0.15) is 10.1 Å². The Hall–Kier alpha value is -3.35. The molecule has 0 saturated heterocycles. The molecule has 1 saturated carbocycles. The molecule has 0 spiro atoms. The first-order valence-corrected chi connectivity index (χ1v) is 8.74. The summed E-state index contributed by atoms with van der Waals surface area (Å²) in [5.41, 5.74) is 11.1. The predicted molar refractivity (Wildman–Crippen MR) is 102 cm³/mol. The van der Waals surface area contributed by atoms with Gasteiger partial charge in [0.25, 0.3) is 0 Å². The van der Waals surface area contributed by atoms with Crippen LogP contribution in [-0.4, -0.2) is 25.1 Å². The van der Waals surface area contributed by atoms with Gasteiger partial charge in [-0.3, -0.25) is 5.10 Å². The van der Waals surface area contributed by atoms with Crippen molar-refractivity contribution in [3.05, 3.63) is 54.0 Å². The van der Waals surface area contributed by atoms with Crippen LogP contribution in [0.2, 0.25) is 0 Å². The maximum absolute atomic E-state index is 6.13. The van der Waals surface area contributed by atoms with Gasteiger partial charge in [-0.15, -0.1) is 0 Å². The van der Waals surface area contributed by atoms with E-state index in [4.69, 9.17) is 5.73 Å². The van der Waals surface area contributed by atoms with E-state index in [1.165, 1.54) is 23.9 Å². The molecule has 1 aliphatic rings. The van der Waals surface area contributed by atoms with Gasteiger partial charge in [0.2, 0.25) is 5.95 Å². The number of hydrogen-bond acceptors (Lipinski definition) is 5. The summed E-state index contributed by atoms with van der Waals surface area (Å²) in [6, 6.07) is 10.4. The second-order valence-corrected chi connectivity index (χ2v) is 6.73. The van der Waals surface area contributed by atoms with E-state index < -0.39 is 0 Å². The largest absolute Gasteiger partial charge is 0.383 e. The lowest BCUT2D eigenvalue weighted by molar-refractivity contribution is 0.966. The van der Waals surface area contributed by atoms with Crippen molar-refractivity contribution in [3.8, 4) is 11.3 Å². The number of nitrogens with two attached hydrogens (primary N) is 1. The predicted octanol–water partition coefficient (Wildman–Crippen LogP) is 3.42. The molecule has 0 bridgehead atoms. The lowest BCUT2D eigenvalue weighted by Crippen LogP contribution is -2.06. The molecule has 7 heteroatoms. The molecule has 5 N–H and O–H groups in total. The van der Waals surface area contributed by atoms with Crippen LogP contribution in [0.1, 0.15) is 30.0 Å². The number of nitrogen functional groups attached to an aromatic ring is 1. The average molecular weight is 345 g/mol. The van der Waals surface area contributed by atoms with Gasteiger partial charge >= 0.3 is 0 Å². The van der Waals surface area contributed by atoms with Crippen molar-refractivity contribution in [2.24, 2.45) is 0 Å². The Morgan fingerprint density at radius 1 is 1.19 bits per heavy atom. The molecule has 0 aliphatic heterocycles. The minimum atomic E-state index is 0.427. The summed E-state index contributed by atoms with van der Waals surface area (Å²) >= 11 is 0. The van der Waals surface area contributed by atoms with Crippen LogP contribution in [0.15, 0.2) is 42.7 Å². The van der Waals surface area contributed by atoms with Crippen molar-refractivity contribution in [2.45, 2.75) is 25.3 Å². The van der Waals surface area contributed by atoms with Gasteiger partial charge in [-0.25, -0.2) is 4.98 Å². The Bertz CT molecular complexity index is 1070. The summed E-state index contributed by atoms with van der Waals surface area (Å²) in [5, 5.41) is 11.9. The number of fused-ring (bicyclic) bond motifs is 1. The second-order valence-electron chi connectivity index (χ2n) is 6.73. The number of aromatic amines is 2. The number of benzene rings is 1. The van der Waals surface area contributed by atoms with Crippen LogP contribution in [0.3, 0.4) is 0 Å². The molecular weight excluding hydrogens is 326 g/mol. The number of nitrogens with zero attached hydrogens (tertiary/aromatic N) is 3. The van der Waals surface area contributed by atoms with Crippen molar-refractivity contribution in [1.82, 2.24) is 25.1 Å². The Labute approximate surface area is 150 Å². The summed E-state index contributed by atoms with van der Waals surface area (Å²) in [6.07, 6.45) is 6.12. The second kappa shape index (κ2) is 5.87. The molecule has 26 heavy (non-hydrogen) atoms. The lowest BCUT2D eigenvalue weighted by Gasteiger charge is -2.07. The molecular formula is C19H19N7. The van der Waals surface area contributed by atoms with E-state index in [-0.39, 0.29) is 0 Å². The number of hydrogen-bond donors (Lipinski definition) is 4. The van der Waals surface area contributed by atoms with E-state index >= 15 is 0 Å². The van der Waals surface area contributed by atoms with Crippen molar-refractivity contribution in [1.29, 1.82) is 0 Å². The third kappa shape index (κ3) is 2.77. The van der Waals surface area contributed by atoms with E-state index in [0.29, 0.717) is 24.2 Å². The molecule has 0 radical (unpaired) electrons. The third-order valence-corrected chi connectivity index (χ3v) is 4.78. The molecule has 0 amide bonds. The zero-order valence-corrected chi connectivity index (χ0v) is 14.2. The lowest BCUT2D eigenvalue weighted by atomic mass is 10.1. The Balaban J connectivity index is 1.32. The van der Waals surface area contributed by atoms with Crippen LogP contribution in [-0.2, 0) is 6.54 Å². The van der Waals surface area contributed by atoms with E-state index in [0.717, 1.165) is 22.3 Å². The highest BCUT2D eigenvalue weighted by Crippen LogP contribution is 2.40. The number of nitrogens with one attached hydrogen (secondary N) is 3. The smallest absolute Gasteiger partial charge is 0.224 e. The Morgan fingerprint density at radius 3 is 2.96 bits per heavy atom. The zero-order chi connectivity index (χ0) is 17.5. The third-order valence-electron chi connectivity index (χ3n) is 4.78. The number of rotatable bonds is 5. The summed E-state index contributed by atoms with van der Waals surface area (Å²) < 4.78 is 0. The van der Waals surface area contributed by atoms with Gasteiger partial charge in [0.15, 0.2) is 0 Å². The highest BCUT2D eigenvalue weighted by molar-refractivity contribution is 5.80. The van der Waals surface area contributed by atoms with Crippen LogP contribution < -0.4 is 11.1 Å². The van der Waals surface area contributed by atoms with Gasteiger partial charge in [-0.1, -0.05) is 12.1 Å². The SMILES string of the molecule is Nc1nc(NCc2ccc3cc[nH]c3c2)ncc1-c1cc(C2CC2)[nH]n1. The molecule has 3 aromatic heterocycles. The fraction of sp³-hybridized carbons (Fsp3) is 0.211. The Morgan fingerprint density at radius 2 is 2.12 bits per heavy atom. The minimum absolute atomic E-state index is 0.427. The summed E-state index contributed by atoms with van der Waals surface area (Å²) in [5.74, 6) is 1.56. The molecule has 1 fully saturated rings. The maximum atomic E-state index is 6.13. The first-order valence-electron chi connectivity index (χ1n) is 8.74. The van der Waals surface area contributed by atoms with Crippen LogP contribution in [0.4, 0.5) is 11.8 Å². The molecule has 1 aromatic carbocycles. The standard InChI is InChI=1S/C19H19N7/c20-18-14(17-8-16(25-26-17)12-3-4-12)10-23-19(24-18)22-9-11-1-2-13-5-6-21-15(13)7-11/h1-2,5-8,10,12,21H,3-4,9H2,(H,25,26)(H3,20,22,23,24). The molecule has 0 atom stereocenters. The van der Waals surface area contributed by atoms with Gasteiger partial charge in [0.1, 0.15) is 5.82 Å².